The Labute approximate surface area is 268 Å². The fourth-order valence-electron chi connectivity index (χ4n) is 5.63. The molecule has 3 aromatic rings. The van der Waals surface area contributed by atoms with Crippen molar-refractivity contribution < 1.29 is 32.2 Å². The summed E-state index contributed by atoms with van der Waals surface area (Å²) in [6, 6.07) is 11.4. The lowest BCUT2D eigenvalue weighted by Gasteiger charge is -2.22. The van der Waals surface area contributed by atoms with E-state index in [0.29, 0.717) is 46.8 Å². The molecule has 46 heavy (non-hydrogen) atoms. The second kappa shape index (κ2) is 14.2. The molecule has 0 bridgehead atoms. The summed E-state index contributed by atoms with van der Waals surface area (Å²) in [4.78, 5) is 39.3. The Hall–Kier alpha value is -4.62. The van der Waals surface area contributed by atoms with Crippen molar-refractivity contribution in [1.82, 2.24) is 10.6 Å². The second-order valence-corrected chi connectivity index (χ2v) is 12.9. The van der Waals surface area contributed by atoms with E-state index < -0.39 is 22.1 Å². The Balaban J connectivity index is 1.74. The predicted octanol–water partition coefficient (Wildman–Crippen LogP) is 3.26. The van der Waals surface area contributed by atoms with Gasteiger partial charge in [0.25, 0.3) is 0 Å². The molecule has 0 fully saturated rings. The maximum atomic E-state index is 13.8. The normalized spacial score (nSPS) is 14.7. The van der Waals surface area contributed by atoms with Crippen LogP contribution in [0.4, 0.5) is 5.69 Å². The van der Waals surface area contributed by atoms with E-state index in [0.717, 1.165) is 11.1 Å². The third-order valence-corrected chi connectivity index (χ3v) is 8.82. The molecule has 0 radical (unpaired) electrons. The van der Waals surface area contributed by atoms with E-state index in [1.54, 1.807) is 31.4 Å². The fraction of sp³-hybridized carbons (Fsp3) is 0.364. The van der Waals surface area contributed by atoms with Crippen LogP contribution in [-0.4, -0.2) is 47.6 Å². The molecule has 2 unspecified atom stereocenters. The van der Waals surface area contributed by atoms with Crippen LogP contribution in [0.1, 0.15) is 49.9 Å². The fourth-order valence-corrected chi connectivity index (χ4v) is 6.14. The molecular weight excluding hydrogens is 612 g/mol. The first-order chi connectivity index (χ1) is 21.8. The smallest absolute Gasteiger partial charge is 0.243 e. The standard InChI is InChI=1S/C33H40N4O8S/c1-18(2)30(33(40)35-17-20-7-10-22(11-8-20)46(34,41)42)37-26-14-12-23-24(16-27(26)39)25(36-19(3)38)13-9-21-15-28(43-4)31(44-5)32(45-6)29(21)23/h7-8,10-12,14-16,18,25,30H,9,13,17H2,1-6H3,(H,35,40)(H,36,38)(H,37,39)(H2,34,41,42). The third kappa shape index (κ3) is 7.43. The van der Waals surface area contributed by atoms with Gasteiger partial charge < -0.3 is 30.2 Å². The number of nitrogens with one attached hydrogen (secondary N) is 3. The number of benzene rings is 2. The first-order valence-corrected chi connectivity index (χ1v) is 16.3. The van der Waals surface area contributed by atoms with Gasteiger partial charge in [0, 0.05) is 19.0 Å². The molecule has 1 aliphatic carbocycles. The quantitative estimate of drug-likeness (QED) is 0.242. The molecule has 3 aromatic carbocycles. The maximum Gasteiger partial charge on any atom is 0.243 e. The van der Waals surface area contributed by atoms with Crippen molar-refractivity contribution in [3.63, 3.8) is 0 Å². The molecule has 0 saturated heterocycles. The number of amides is 2. The van der Waals surface area contributed by atoms with E-state index >= 15 is 0 Å². The van der Waals surface area contributed by atoms with Gasteiger partial charge in [-0.1, -0.05) is 32.0 Å². The number of rotatable bonds is 11. The van der Waals surface area contributed by atoms with Crippen LogP contribution >= 0.6 is 0 Å². The molecule has 0 spiro atoms. The largest absolute Gasteiger partial charge is 0.493 e. The van der Waals surface area contributed by atoms with Crippen LogP contribution in [0.3, 0.4) is 0 Å². The first-order valence-electron chi connectivity index (χ1n) is 14.7. The van der Waals surface area contributed by atoms with Crippen LogP contribution in [0.15, 0.2) is 58.2 Å². The highest BCUT2D eigenvalue weighted by Gasteiger charge is 2.30. The van der Waals surface area contributed by atoms with Gasteiger partial charge in [-0.2, -0.15) is 0 Å². The first kappa shape index (κ1) is 34.3. The minimum absolute atomic E-state index is 0.0267. The Morgan fingerprint density at radius 3 is 2.22 bits per heavy atom. The number of carbonyl (C=O) groups excluding carboxylic acids is 2. The Morgan fingerprint density at radius 2 is 1.65 bits per heavy atom. The summed E-state index contributed by atoms with van der Waals surface area (Å²) in [5.74, 6) is 0.533. The van der Waals surface area contributed by atoms with Crippen molar-refractivity contribution in [2.45, 2.75) is 57.1 Å². The van der Waals surface area contributed by atoms with Crippen molar-refractivity contribution >= 4 is 27.5 Å². The molecular formula is C33H40N4O8S. The maximum absolute atomic E-state index is 13.8. The van der Waals surface area contributed by atoms with Crippen LogP contribution in [0.25, 0.3) is 11.1 Å². The lowest BCUT2D eigenvalue weighted by Crippen LogP contribution is -2.43. The minimum atomic E-state index is -3.83. The summed E-state index contributed by atoms with van der Waals surface area (Å²) in [5.41, 5.74) is 3.39. The number of hydrogen-bond acceptors (Lipinski definition) is 9. The third-order valence-electron chi connectivity index (χ3n) is 7.89. The molecule has 0 heterocycles. The number of methoxy groups -OCH3 is 3. The number of nitrogens with two attached hydrogens (primary N) is 1. The van der Waals surface area contributed by atoms with Crippen molar-refractivity contribution in [1.29, 1.82) is 0 Å². The minimum Gasteiger partial charge on any atom is -0.493 e. The van der Waals surface area contributed by atoms with Crippen LogP contribution < -0.4 is 40.7 Å². The summed E-state index contributed by atoms with van der Waals surface area (Å²) >= 11 is 0. The van der Waals surface area contributed by atoms with E-state index in [4.69, 9.17) is 19.3 Å². The summed E-state index contributed by atoms with van der Waals surface area (Å²) in [6.07, 6.45) is 1.08. The molecule has 13 heteroatoms. The number of primary sulfonamides is 1. The number of aryl methyl sites for hydroxylation is 1. The molecule has 0 aromatic heterocycles. The molecule has 12 nitrogen and oxygen atoms in total. The van der Waals surface area contributed by atoms with Gasteiger partial charge in [0.2, 0.25) is 33.0 Å². The summed E-state index contributed by atoms with van der Waals surface area (Å²) in [5, 5.41) is 14.1. The molecule has 246 valence electrons. The molecule has 0 aliphatic heterocycles. The Kier molecular flexibility index (Phi) is 10.6. The Bertz CT molecular complexity index is 1790. The van der Waals surface area contributed by atoms with E-state index in [2.05, 4.69) is 16.0 Å². The number of carbonyl (C=O) groups is 2. The molecule has 5 N–H and O–H groups in total. The van der Waals surface area contributed by atoms with Gasteiger partial charge in [-0.3, -0.25) is 14.4 Å². The number of ether oxygens (including phenoxy) is 3. The highest BCUT2D eigenvalue weighted by atomic mass is 32.2. The second-order valence-electron chi connectivity index (χ2n) is 11.4. The summed E-state index contributed by atoms with van der Waals surface area (Å²) in [6.45, 7) is 5.28. The topological polar surface area (TPSA) is 175 Å². The lowest BCUT2D eigenvalue weighted by atomic mass is 9.95. The van der Waals surface area contributed by atoms with Crippen LogP contribution in [0, 0.1) is 5.92 Å². The molecule has 2 atom stereocenters. The average molecular weight is 653 g/mol. The number of hydrogen-bond donors (Lipinski definition) is 4. The van der Waals surface area contributed by atoms with Crippen LogP contribution in [0.5, 0.6) is 17.2 Å². The van der Waals surface area contributed by atoms with Gasteiger partial charge in [-0.15, -0.1) is 0 Å². The SMILES string of the molecule is COc1cc2c(c(OC)c1OC)-c1ccc(NC(C(=O)NCc3ccc(S(N)(=O)=O)cc3)C(C)C)c(=O)cc1C(NC(C)=O)CC2. The van der Waals surface area contributed by atoms with Gasteiger partial charge in [0.1, 0.15) is 6.04 Å². The molecule has 1 aliphatic rings. The molecule has 0 saturated carbocycles. The summed E-state index contributed by atoms with van der Waals surface area (Å²) < 4.78 is 40.2. The van der Waals surface area contributed by atoms with Crippen molar-refractivity contribution in [2.75, 3.05) is 26.6 Å². The van der Waals surface area contributed by atoms with E-state index in [1.807, 2.05) is 19.9 Å². The van der Waals surface area contributed by atoms with Gasteiger partial charge in [-0.25, -0.2) is 13.6 Å². The lowest BCUT2D eigenvalue weighted by molar-refractivity contribution is -0.123. The monoisotopic (exact) mass is 652 g/mol. The van der Waals surface area contributed by atoms with E-state index in [-0.39, 0.29) is 40.3 Å². The number of anilines is 1. The van der Waals surface area contributed by atoms with Crippen molar-refractivity contribution in [3.8, 4) is 28.4 Å². The zero-order chi connectivity index (χ0) is 33.8. The highest BCUT2D eigenvalue weighted by Crippen LogP contribution is 2.50. The molecule has 4 rings (SSSR count). The zero-order valence-electron chi connectivity index (χ0n) is 26.7. The molecule has 2 amide bonds. The van der Waals surface area contributed by atoms with Crippen molar-refractivity contribution in [3.05, 3.63) is 75.4 Å². The van der Waals surface area contributed by atoms with E-state index in [1.165, 1.54) is 39.3 Å². The summed E-state index contributed by atoms with van der Waals surface area (Å²) in [7, 11) is 0.760. The number of fused-ring (bicyclic) bond motifs is 3. The number of sulfonamides is 1. The van der Waals surface area contributed by atoms with Crippen molar-refractivity contribution in [2.24, 2.45) is 11.1 Å². The van der Waals surface area contributed by atoms with E-state index in [9.17, 15) is 22.8 Å². The van der Waals surface area contributed by atoms with Gasteiger partial charge >= 0.3 is 0 Å². The average Bonchev–Trinajstić information content (AvgIpc) is 3.25. The highest BCUT2D eigenvalue weighted by molar-refractivity contribution is 7.89. The van der Waals surface area contributed by atoms with Gasteiger partial charge in [0.15, 0.2) is 11.5 Å². The van der Waals surface area contributed by atoms with Crippen LogP contribution in [-0.2, 0) is 32.6 Å². The van der Waals surface area contributed by atoms with Gasteiger partial charge in [-0.05, 0) is 71.3 Å². The predicted molar refractivity (Wildman–Crippen MR) is 175 cm³/mol. The van der Waals surface area contributed by atoms with Crippen LogP contribution in [0.2, 0.25) is 0 Å². The Morgan fingerprint density at radius 1 is 0.978 bits per heavy atom. The zero-order valence-corrected chi connectivity index (χ0v) is 27.5. The van der Waals surface area contributed by atoms with Gasteiger partial charge in [0.05, 0.1) is 38.0 Å².